The monoisotopic (exact) mass is 529 g/mol. The maximum atomic E-state index is 12.8. The van der Waals surface area contributed by atoms with E-state index in [1.165, 1.54) is 67.1 Å². The third-order valence-corrected chi connectivity index (χ3v) is 8.52. The number of esters is 1. The van der Waals surface area contributed by atoms with E-state index in [9.17, 15) is 9.59 Å². The van der Waals surface area contributed by atoms with Crippen molar-refractivity contribution in [2.75, 3.05) is 25.1 Å². The summed E-state index contributed by atoms with van der Waals surface area (Å²) < 4.78 is 13.1. The molecular formula is C32H39N3O4. The number of carbonyl (C=O) groups is 2. The molecule has 0 unspecified atom stereocenters. The highest BCUT2D eigenvalue weighted by molar-refractivity contribution is 6.00. The first-order valence-electron chi connectivity index (χ1n) is 14.4. The third-order valence-electron chi connectivity index (χ3n) is 8.52. The van der Waals surface area contributed by atoms with E-state index >= 15 is 0 Å². The van der Waals surface area contributed by atoms with Gasteiger partial charge in [-0.15, -0.1) is 0 Å². The summed E-state index contributed by atoms with van der Waals surface area (Å²) in [6.07, 6.45) is 6.62. The van der Waals surface area contributed by atoms with Crippen LogP contribution in [0.3, 0.4) is 0 Å². The minimum absolute atomic E-state index is 0.106. The first kappa shape index (κ1) is 25.8. The Hall–Kier alpha value is -3.48. The van der Waals surface area contributed by atoms with E-state index in [2.05, 4.69) is 39.0 Å². The molecule has 1 fully saturated rings. The van der Waals surface area contributed by atoms with E-state index in [0.29, 0.717) is 11.5 Å². The zero-order chi connectivity index (χ0) is 27.3. The molecule has 1 saturated carbocycles. The summed E-state index contributed by atoms with van der Waals surface area (Å²) in [5.41, 5.74) is 7.42. The van der Waals surface area contributed by atoms with Gasteiger partial charge in [-0.25, -0.2) is 9.59 Å². The molecule has 1 amide bonds. The molecule has 2 aromatic carbocycles. The molecule has 0 radical (unpaired) electrons. The maximum absolute atomic E-state index is 12.8. The minimum atomic E-state index is -0.544. The Morgan fingerprint density at radius 2 is 1.77 bits per heavy atom. The zero-order valence-corrected chi connectivity index (χ0v) is 23.5. The van der Waals surface area contributed by atoms with E-state index in [-0.39, 0.29) is 18.1 Å². The first-order chi connectivity index (χ1) is 18.7. The SMILES string of the molecule is COC(=O)c1ccc2c(C3CCCCC3)c3n(c2c1)CCN1CC[C@H](NC(=O)OC(C)(C)C)c2cccc-3c21. The largest absolute Gasteiger partial charge is 0.465 e. The Labute approximate surface area is 230 Å². The van der Waals surface area contributed by atoms with Gasteiger partial charge in [-0.05, 0) is 69.2 Å². The number of benzene rings is 2. The number of aromatic nitrogens is 1. The van der Waals surface area contributed by atoms with Crippen LogP contribution in [-0.2, 0) is 16.0 Å². The van der Waals surface area contributed by atoms with Crippen molar-refractivity contribution in [3.63, 3.8) is 0 Å². The first-order valence-corrected chi connectivity index (χ1v) is 14.4. The molecule has 0 spiro atoms. The van der Waals surface area contributed by atoms with Gasteiger partial charge in [0, 0.05) is 36.1 Å². The van der Waals surface area contributed by atoms with Crippen molar-refractivity contribution in [1.82, 2.24) is 9.88 Å². The van der Waals surface area contributed by atoms with Gasteiger partial charge in [0.15, 0.2) is 0 Å². The molecule has 1 aromatic heterocycles. The molecule has 3 heterocycles. The third kappa shape index (κ3) is 4.66. The second-order valence-electron chi connectivity index (χ2n) is 12.2. The molecule has 0 bridgehead atoms. The van der Waals surface area contributed by atoms with E-state index < -0.39 is 5.60 Å². The van der Waals surface area contributed by atoms with Crippen LogP contribution in [0.15, 0.2) is 36.4 Å². The average Bonchev–Trinajstić information content (AvgIpc) is 3.14. The Morgan fingerprint density at radius 1 is 0.974 bits per heavy atom. The van der Waals surface area contributed by atoms with Crippen molar-refractivity contribution in [1.29, 1.82) is 0 Å². The zero-order valence-electron chi connectivity index (χ0n) is 23.5. The molecule has 6 rings (SSSR count). The quantitative estimate of drug-likeness (QED) is 0.373. The number of amides is 1. The molecule has 0 saturated heterocycles. The van der Waals surface area contributed by atoms with Crippen LogP contribution < -0.4 is 10.2 Å². The van der Waals surface area contributed by atoms with Crippen molar-refractivity contribution in [3.8, 4) is 11.3 Å². The Balaban J connectivity index is 1.52. The summed E-state index contributed by atoms with van der Waals surface area (Å²) >= 11 is 0. The topological polar surface area (TPSA) is 72.8 Å². The highest BCUT2D eigenvalue weighted by atomic mass is 16.6. The predicted octanol–water partition coefficient (Wildman–Crippen LogP) is 6.93. The van der Waals surface area contributed by atoms with Crippen molar-refractivity contribution in [2.24, 2.45) is 0 Å². The van der Waals surface area contributed by atoms with Crippen LogP contribution in [0, 0.1) is 0 Å². The number of hydrogen-bond acceptors (Lipinski definition) is 5. The van der Waals surface area contributed by atoms with Gasteiger partial charge in [0.05, 0.1) is 30.1 Å². The molecule has 1 atom stereocenters. The van der Waals surface area contributed by atoms with E-state index in [4.69, 9.17) is 9.47 Å². The van der Waals surface area contributed by atoms with Crippen molar-refractivity contribution in [3.05, 3.63) is 53.1 Å². The number of para-hydroxylation sites is 1. The van der Waals surface area contributed by atoms with Gasteiger partial charge in [-0.1, -0.05) is 43.5 Å². The lowest BCUT2D eigenvalue weighted by atomic mass is 9.81. The number of anilines is 1. The Bertz CT molecular complexity index is 1430. The lowest BCUT2D eigenvalue weighted by molar-refractivity contribution is 0.0499. The number of nitrogens with one attached hydrogen (secondary N) is 1. The average molecular weight is 530 g/mol. The fourth-order valence-corrected chi connectivity index (χ4v) is 6.93. The van der Waals surface area contributed by atoms with E-state index in [0.717, 1.165) is 37.1 Å². The summed E-state index contributed by atoms with van der Waals surface area (Å²) in [5.74, 6) is 0.182. The number of ether oxygens (including phenoxy) is 2. The van der Waals surface area contributed by atoms with Crippen LogP contribution in [0.2, 0.25) is 0 Å². The molecule has 7 nitrogen and oxygen atoms in total. The number of rotatable bonds is 3. The van der Waals surface area contributed by atoms with Gasteiger partial charge in [0.25, 0.3) is 0 Å². The molecule has 1 N–H and O–H groups in total. The number of nitrogens with zero attached hydrogens (tertiary/aromatic N) is 2. The maximum Gasteiger partial charge on any atom is 0.408 e. The molecule has 2 aliphatic heterocycles. The van der Waals surface area contributed by atoms with Crippen LogP contribution in [0.1, 0.15) is 92.7 Å². The van der Waals surface area contributed by atoms with Crippen molar-refractivity contribution < 1.29 is 19.1 Å². The summed E-state index contributed by atoms with van der Waals surface area (Å²) in [6.45, 7) is 8.23. The number of alkyl carbamates (subject to hydrolysis) is 1. The van der Waals surface area contributed by atoms with Crippen LogP contribution in [0.25, 0.3) is 22.2 Å². The number of fused-ring (bicyclic) bond motifs is 4. The van der Waals surface area contributed by atoms with Crippen LogP contribution in [0.4, 0.5) is 10.5 Å². The molecule has 206 valence electrons. The number of methoxy groups -OCH3 is 1. The second kappa shape index (κ2) is 9.92. The molecular weight excluding hydrogens is 490 g/mol. The van der Waals surface area contributed by atoms with Gasteiger partial charge in [-0.2, -0.15) is 0 Å². The van der Waals surface area contributed by atoms with Gasteiger partial charge < -0.3 is 24.3 Å². The Morgan fingerprint density at radius 3 is 2.51 bits per heavy atom. The van der Waals surface area contributed by atoms with E-state index in [1.807, 2.05) is 32.9 Å². The number of carbonyl (C=O) groups excluding carboxylic acids is 2. The lowest BCUT2D eigenvalue weighted by Crippen LogP contribution is -2.40. The fraction of sp³-hybridized carbons (Fsp3) is 0.500. The van der Waals surface area contributed by atoms with E-state index in [1.54, 1.807) is 0 Å². The van der Waals surface area contributed by atoms with Gasteiger partial charge in [-0.3, -0.25) is 0 Å². The summed E-state index contributed by atoms with van der Waals surface area (Å²) in [4.78, 5) is 27.7. The smallest absolute Gasteiger partial charge is 0.408 e. The standard InChI is InChI=1S/C32H39N3O4/c1-32(2,3)39-31(37)33-25-15-16-34-17-18-35-26-19-21(30(36)38-4)13-14-23(26)27(20-9-6-5-7-10-20)29(35)24-12-8-11-22(25)28(24)34/h8,11-14,19-20,25H,5-7,9-10,15-18H2,1-4H3,(H,33,37)/t25-/m0/s1. The highest BCUT2D eigenvalue weighted by Crippen LogP contribution is 2.50. The normalized spacial score (nSPS) is 19.2. The summed E-state index contributed by atoms with van der Waals surface area (Å²) in [6, 6.07) is 12.5. The van der Waals surface area contributed by atoms with Gasteiger partial charge in [0.2, 0.25) is 0 Å². The van der Waals surface area contributed by atoms with Crippen molar-refractivity contribution in [2.45, 2.75) is 83.4 Å². The van der Waals surface area contributed by atoms with Gasteiger partial charge in [0.1, 0.15) is 5.60 Å². The molecule has 3 aromatic rings. The number of hydrogen-bond donors (Lipinski definition) is 1. The lowest BCUT2D eigenvalue weighted by Gasteiger charge is -2.36. The Kier molecular flexibility index (Phi) is 6.56. The molecule has 39 heavy (non-hydrogen) atoms. The summed E-state index contributed by atoms with van der Waals surface area (Å²) in [5, 5.41) is 4.40. The molecule has 1 aliphatic carbocycles. The fourth-order valence-electron chi connectivity index (χ4n) is 6.93. The van der Waals surface area contributed by atoms with Gasteiger partial charge >= 0.3 is 12.1 Å². The summed E-state index contributed by atoms with van der Waals surface area (Å²) in [7, 11) is 1.44. The molecule has 7 heteroatoms. The minimum Gasteiger partial charge on any atom is -0.465 e. The second-order valence-corrected chi connectivity index (χ2v) is 12.2. The molecule has 3 aliphatic rings. The predicted molar refractivity (Wildman–Crippen MR) is 153 cm³/mol. The van der Waals surface area contributed by atoms with Crippen LogP contribution in [0.5, 0.6) is 0 Å². The van der Waals surface area contributed by atoms with Crippen LogP contribution in [-0.4, -0.2) is 42.4 Å². The highest BCUT2D eigenvalue weighted by Gasteiger charge is 2.35. The van der Waals surface area contributed by atoms with Crippen molar-refractivity contribution >= 4 is 28.7 Å². The van der Waals surface area contributed by atoms with Crippen LogP contribution >= 0.6 is 0 Å².